The summed E-state index contributed by atoms with van der Waals surface area (Å²) in [4.78, 5) is 4.36. The largest absolute Gasteiger partial charge is 0.256 e. The molecule has 1 aromatic heterocycles. The molecule has 0 aliphatic heterocycles. The fourth-order valence-corrected chi connectivity index (χ4v) is 2.69. The van der Waals surface area contributed by atoms with Crippen molar-refractivity contribution in [3.05, 3.63) is 76.9 Å². The molecule has 1 N–H and O–H groups in total. The number of rotatable bonds is 4. The van der Waals surface area contributed by atoms with E-state index in [0.29, 0.717) is 11.4 Å². The first kappa shape index (κ1) is 13.7. The Morgan fingerprint density at radius 1 is 1.10 bits per heavy atom. The molecule has 0 radical (unpaired) electrons. The summed E-state index contributed by atoms with van der Waals surface area (Å²) in [7, 11) is 0. The molecule has 1 unspecified atom stereocenters. The number of pyridine rings is 1. The molecule has 0 fully saturated rings. The van der Waals surface area contributed by atoms with Crippen molar-refractivity contribution in [2.24, 2.45) is 5.11 Å². The van der Waals surface area contributed by atoms with Crippen molar-refractivity contribution in [1.82, 2.24) is 4.98 Å². The summed E-state index contributed by atoms with van der Waals surface area (Å²) < 4.78 is 0. The number of fused-ring (bicyclic) bond motifs is 1. The Labute approximate surface area is 128 Å². The summed E-state index contributed by atoms with van der Waals surface area (Å²) >= 11 is 6.03. The first-order valence-electron chi connectivity index (χ1n) is 6.72. The lowest BCUT2D eigenvalue weighted by atomic mass is 9.97. The van der Waals surface area contributed by atoms with Crippen LogP contribution in [0.3, 0.4) is 0 Å². The van der Waals surface area contributed by atoms with Crippen LogP contribution < -0.4 is 0 Å². The minimum atomic E-state index is -0.227. The van der Waals surface area contributed by atoms with E-state index < -0.39 is 0 Å². The third-order valence-corrected chi connectivity index (χ3v) is 3.78. The minimum absolute atomic E-state index is 0.227. The summed E-state index contributed by atoms with van der Waals surface area (Å²) in [6.07, 6.45) is 2.46. The number of hydrogen-bond donors (Lipinski definition) is 1. The summed E-state index contributed by atoms with van der Waals surface area (Å²) in [5, 5.41) is 5.55. The molecule has 2 aromatic carbocycles. The van der Waals surface area contributed by atoms with Crippen molar-refractivity contribution in [2.45, 2.75) is 12.5 Å². The Morgan fingerprint density at radius 3 is 2.76 bits per heavy atom. The highest BCUT2D eigenvalue weighted by Gasteiger charge is 2.13. The second kappa shape index (κ2) is 6.02. The van der Waals surface area contributed by atoms with Crippen molar-refractivity contribution in [3.63, 3.8) is 0 Å². The van der Waals surface area contributed by atoms with Crippen molar-refractivity contribution in [1.29, 1.82) is 5.53 Å². The van der Waals surface area contributed by atoms with Gasteiger partial charge >= 0.3 is 0 Å². The van der Waals surface area contributed by atoms with E-state index in [2.05, 4.69) is 16.2 Å². The van der Waals surface area contributed by atoms with Gasteiger partial charge in [0, 0.05) is 23.0 Å². The van der Waals surface area contributed by atoms with E-state index in [9.17, 15) is 0 Å². The lowest BCUT2D eigenvalue weighted by Gasteiger charge is -2.13. The highest BCUT2D eigenvalue weighted by atomic mass is 35.5. The molecule has 0 saturated heterocycles. The molecule has 4 heteroatoms. The van der Waals surface area contributed by atoms with Gasteiger partial charge in [-0.2, -0.15) is 5.11 Å². The van der Waals surface area contributed by atoms with E-state index >= 15 is 0 Å². The van der Waals surface area contributed by atoms with E-state index in [0.717, 1.165) is 22.0 Å². The van der Waals surface area contributed by atoms with Gasteiger partial charge in [0.1, 0.15) is 0 Å². The van der Waals surface area contributed by atoms with E-state index in [4.69, 9.17) is 17.1 Å². The van der Waals surface area contributed by atoms with Gasteiger partial charge in [0.05, 0.1) is 11.6 Å². The van der Waals surface area contributed by atoms with Gasteiger partial charge in [-0.1, -0.05) is 41.9 Å². The SMILES string of the molecule is N=NC(Cc1ccnc2ccccc12)c1cccc(Cl)c1. The summed E-state index contributed by atoms with van der Waals surface area (Å²) in [6.45, 7) is 0. The van der Waals surface area contributed by atoms with Gasteiger partial charge in [-0.3, -0.25) is 4.98 Å². The third kappa shape index (κ3) is 2.93. The number of benzene rings is 2. The highest BCUT2D eigenvalue weighted by molar-refractivity contribution is 6.30. The van der Waals surface area contributed by atoms with E-state index in [1.807, 2.05) is 48.5 Å². The molecule has 0 bridgehead atoms. The fraction of sp³-hybridized carbons (Fsp3) is 0.118. The molecule has 1 heterocycles. The second-order valence-electron chi connectivity index (χ2n) is 4.89. The van der Waals surface area contributed by atoms with Crippen LogP contribution in [-0.4, -0.2) is 4.98 Å². The van der Waals surface area contributed by atoms with Crippen LogP contribution >= 0.6 is 11.6 Å². The maximum Gasteiger partial charge on any atom is 0.0996 e. The standard InChI is InChI=1S/C17H14ClN3/c18-14-5-3-4-13(10-14)17(21-19)11-12-8-9-20-16-7-2-1-6-15(12)16/h1-10,17,19H,11H2. The van der Waals surface area contributed by atoms with Crippen LogP contribution in [-0.2, 0) is 6.42 Å². The van der Waals surface area contributed by atoms with Crippen molar-refractivity contribution < 1.29 is 0 Å². The predicted octanol–water partition coefficient (Wildman–Crippen LogP) is 5.20. The highest BCUT2D eigenvalue weighted by Crippen LogP contribution is 2.27. The van der Waals surface area contributed by atoms with Gasteiger partial charge in [0.15, 0.2) is 0 Å². The molecular formula is C17H14ClN3. The van der Waals surface area contributed by atoms with Crippen molar-refractivity contribution >= 4 is 22.5 Å². The normalized spacial score (nSPS) is 12.2. The zero-order valence-electron chi connectivity index (χ0n) is 11.3. The summed E-state index contributed by atoms with van der Waals surface area (Å²) in [5.41, 5.74) is 10.6. The number of halogens is 1. The van der Waals surface area contributed by atoms with Crippen molar-refractivity contribution in [2.75, 3.05) is 0 Å². The molecule has 3 nitrogen and oxygen atoms in total. The maximum absolute atomic E-state index is 7.49. The molecule has 3 rings (SSSR count). The van der Waals surface area contributed by atoms with Crippen LogP contribution in [0.4, 0.5) is 0 Å². The van der Waals surface area contributed by atoms with Gasteiger partial charge in [-0.05, 0) is 35.4 Å². The number of para-hydroxylation sites is 1. The number of hydrogen-bond acceptors (Lipinski definition) is 3. The molecular weight excluding hydrogens is 282 g/mol. The van der Waals surface area contributed by atoms with E-state index in [-0.39, 0.29) is 6.04 Å². The van der Waals surface area contributed by atoms with Crippen molar-refractivity contribution in [3.8, 4) is 0 Å². The Kier molecular flexibility index (Phi) is 3.93. The quantitative estimate of drug-likeness (QED) is 0.660. The van der Waals surface area contributed by atoms with Crippen LogP contribution in [0.2, 0.25) is 5.02 Å². The average Bonchev–Trinajstić information content (AvgIpc) is 2.52. The van der Waals surface area contributed by atoms with E-state index in [1.165, 1.54) is 0 Å². The topological polar surface area (TPSA) is 49.1 Å². The van der Waals surface area contributed by atoms with Gasteiger partial charge in [-0.15, -0.1) is 0 Å². The maximum atomic E-state index is 7.49. The predicted molar refractivity (Wildman–Crippen MR) is 84.8 cm³/mol. The zero-order valence-corrected chi connectivity index (χ0v) is 12.1. The second-order valence-corrected chi connectivity index (χ2v) is 5.33. The van der Waals surface area contributed by atoms with Gasteiger partial charge in [-0.25, -0.2) is 5.53 Å². The molecule has 0 amide bonds. The minimum Gasteiger partial charge on any atom is -0.256 e. The van der Waals surface area contributed by atoms with Crippen LogP contribution in [0.1, 0.15) is 17.2 Å². The van der Waals surface area contributed by atoms with Gasteiger partial charge < -0.3 is 0 Å². The molecule has 0 aliphatic rings. The smallest absolute Gasteiger partial charge is 0.0996 e. The third-order valence-electron chi connectivity index (χ3n) is 3.54. The lowest BCUT2D eigenvalue weighted by Crippen LogP contribution is -2.00. The monoisotopic (exact) mass is 295 g/mol. The molecule has 0 saturated carbocycles. The van der Waals surface area contributed by atoms with Crippen LogP contribution in [0, 0.1) is 5.53 Å². The Hall–Kier alpha value is -2.26. The molecule has 0 aliphatic carbocycles. The Balaban J connectivity index is 1.98. The Bertz CT molecular complexity index is 780. The number of nitrogens with zero attached hydrogens (tertiary/aromatic N) is 2. The number of nitrogens with one attached hydrogen (secondary N) is 1. The lowest BCUT2D eigenvalue weighted by molar-refractivity contribution is 0.665. The summed E-state index contributed by atoms with van der Waals surface area (Å²) in [5.74, 6) is 0. The molecule has 3 aromatic rings. The fourth-order valence-electron chi connectivity index (χ4n) is 2.49. The Morgan fingerprint density at radius 2 is 1.95 bits per heavy atom. The van der Waals surface area contributed by atoms with Crippen LogP contribution in [0.25, 0.3) is 10.9 Å². The van der Waals surface area contributed by atoms with Gasteiger partial charge in [0.25, 0.3) is 0 Å². The molecule has 1 atom stereocenters. The molecule has 0 spiro atoms. The number of aromatic nitrogens is 1. The van der Waals surface area contributed by atoms with Crippen LogP contribution in [0.15, 0.2) is 65.9 Å². The average molecular weight is 296 g/mol. The molecule has 104 valence electrons. The van der Waals surface area contributed by atoms with Gasteiger partial charge in [0.2, 0.25) is 0 Å². The first-order chi connectivity index (χ1) is 10.3. The van der Waals surface area contributed by atoms with E-state index in [1.54, 1.807) is 6.20 Å². The molecule has 21 heavy (non-hydrogen) atoms. The van der Waals surface area contributed by atoms with Crippen LogP contribution in [0.5, 0.6) is 0 Å². The summed E-state index contributed by atoms with van der Waals surface area (Å²) in [6, 6.07) is 17.3. The first-order valence-corrected chi connectivity index (χ1v) is 7.10. The zero-order chi connectivity index (χ0) is 14.7.